The summed E-state index contributed by atoms with van der Waals surface area (Å²) in [6.07, 6.45) is 0. The van der Waals surface area contributed by atoms with Crippen molar-refractivity contribution in [3.05, 3.63) is 89.5 Å². The van der Waals surface area contributed by atoms with Crippen LogP contribution in [0, 0.1) is 34.9 Å². The average Bonchev–Trinajstić information content (AvgIpc) is 2.63. The molecule has 0 radical (unpaired) electrons. The van der Waals surface area contributed by atoms with E-state index in [9.17, 15) is 26.3 Å². The fourth-order valence-electron chi connectivity index (χ4n) is 2.39. The average molecular weight is 370 g/mol. The van der Waals surface area contributed by atoms with Crippen molar-refractivity contribution in [3.63, 3.8) is 0 Å². The summed E-state index contributed by atoms with van der Waals surface area (Å²) in [5.74, 6) is -11.0. The largest absolute Gasteiger partial charge is 0.206 e. The number of benzene rings is 3. The maximum absolute atomic E-state index is 14.3. The van der Waals surface area contributed by atoms with Crippen molar-refractivity contribution in [1.29, 1.82) is 0 Å². The van der Waals surface area contributed by atoms with E-state index in [0.717, 1.165) is 6.07 Å². The van der Waals surface area contributed by atoms with Gasteiger partial charge in [-0.15, -0.1) is 0 Å². The van der Waals surface area contributed by atoms with Crippen molar-refractivity contribution in [1.82, 2.24) is 0 Å². The second kappa shape index (κ2) is 6.89. The quantitative estimate of drug-likeness (QED) is 0.279. The van der Waals surface area contributed by atoms with E-state index in [1.807, 2.05) is 0 Å². The minimum atomic E-state index is -2.32. The van der Waals surface area contributed by atoms with Crippen LogP contribution < -0.4 is 15.9 Å². The molecule has 3 aromatic rings. The monoisotopic (exact) mass is 370 g/mol. The van der Waals surface area contributed by atoms with Gasteiger partial charge in [-0.05, 0) is 19.3 Å². The zero-order valence-electron chi connectivity index (χ0n) is 12.4. The van der Waals surface area contributed by atoms with Crippen LogP contribution in [0.2, 0.25) is 0 Å². The van der Waals surface area contributed by atoms with Crippen LogP contribution in [0.5, 0.6) is 0 Å². The molecule has 7 heteroatoms. The van der Waals surface area contributed by atoms with Crippen LogP contribution >= 0.6 is 7.92 Å². The molecule has 1 atom stereocenters. The van der Waals surface area contributed by atoms with E-state index in [4.69, 9.17) is 0 Å². The zero-order valence-corrected chi connectivity index (χ0v) is 13.3. The van der Waals surface area contributed by atoms with Crippen LogP contribution in [0.1, 0.15) is 0 Å². The Labute approximate surface area is 140 Å². The summed E-state index contributed by atoms with van der Waals surface area (Å²) in [5.41, 5.74) is 0. The van der Waals surface area contributed by atoms with E-state index in [2.05, 4.69) is 0 Å². The van der Waals surface area contributed by atoms with Gasteiger partial charge in [0.2, 0.25) is 5.82 Å². The summed E-state index contributed by atoms with van der Waals surface area (Å²) in [6.45, 7) is 0. The first-order chi connectivity index (χ1) is 11.9. The van der Waals surface area contributed by atoms with Gasteiger partial charge in [-0.1, -0.05) is 48.5 Å². The predicted octanol–water partition coefficient (Wildman–Crippen LogP) is 4.28. The van der Waals surface area contributed by atoms with Gasteiger partial charge in [0.05, 0.1) is 5.30 Å². The molecule has 0 saturated carbocycles. The molecule has 25 heavy (non-hydrogen) atoms. The summed E-state index contributed by atoms with van der Waals surface area (Å²) in [7, 11) is -2.32. The lowest BCUT2D eigenvalue weighted by Gasteiger charge is -2.21. The Morgan fingerprint density at radius 1 is 0.520 bits per heavy atom. The SMILES string of the molecule is Fc1ccccc1P(c1ccccc1)c1c(F)c(F)c(F)c(F)c1F. The van der Waals surface area contributed by atoms with Gasteiger partial charge in [-0.3, -0.25) is 0 Å². The number of rotatable bonds is 3. The molecule has 0 spiro atoms. The first-order valence-electron chi connectivity index (χ1n) is 7.04. The van der Waals surface area contributed by atoms with Crippen molar-refractivity contribution in [2.45, 2.75) is 0 Å². The number of halogens is 6. The summed E-state index contributed by atoms with van der Waals surface area (Å²) >= 11 is 0. The standard InChI is InChI=1S/C18H9F6P/c19-11-8-4-5-9-12(11)25(10-6-2-1-3-7-10)18-16(23)14(21)13(20)15(22)17(18)24/h1-9H. The second-order valence-electron chi connectivity index (χ2n) is 5.04. The van der Waals surface area contributed by atoms with Gasteiger partial charge in [-0.2, -0.15) is 0 Å². The molecule has 128 valence electrons. The molecule has 0 aliphatic carbocycles. The third kappa shape index (κ3) is 3.02. The fourth-order valence-corrected chi connectivity index (χ4v) is 4.75. The van der Waals surface area contributed by atoms with Gasteiger partial charge in [0, 0.05) is 5.30 Å². The molecule has 3 rings (SSSR count). The third-order valence-corrected chi connectivity index (χ3v) is 6.02. The Morgan fingerprint density at radius 2 is 1.00 bits per heavy atom. The number of hydrogen-bond acceptors (Lipinski definition) is 0. The highest BCUT2D eigenvalue weighted by Crippen LogP contribution is 2.37. The molecule has 0 saturated heterocycles. The Balaban J connectivity index is 2.37. The van der Waals surface area contributed by atoms with E-state index >= 15 is 0 Å². The maximum Gasteiger partial charge on any atom is 0.200 e. The number of hydrogen-bond donors (Lipinski definition) is 0. The molecule has 0 fully saturated rings. The van der Waals surface area contributed by atoms with Crippen molar-refractivity contribution in [3.8, 4) is 0 Å². The Bertz CT molecular complexity index is 897. The first-order valence-corrected chi connectivity index (χ1v) is 8.38. The van der Waals surface area contributed by atoms with Crippen molar-refractivity contribution < 1.29 is 26.3 Å². The van der Waals surface area contributed by atoms with Crippen LogP contribution in [-0.4, -0.2) is 0 Å². The van der Waals surface area contributed by atoms with Crippen molar-refractivity contribution in [2.75, 3.05) is 0 Å². The van der Waals surface area contributed by atoms with Gasteiger partial charge in [0.25, 0.3) is 0 Å². The second-order valence-corrected chi connectivity index (χ2v) is 7.16. The van der Waals surface area contributed by atoms with Gasteiger partial charge in [0.15, 0.2) is 23.3 Å². The normalized spacial score (nSPS) is 12.2. The highest BCUT2D eigenvalue weighted by atomic mass is 31.1. The van der Waals surface area contributed by atoms with Crippen LogP contribution in [0.3, 0.4) is 0 Å². The molecule has 0 nitrogen and oxygen atoms in total. The molecular weight excluding hydrogens is 361 g/mol. The summed E-state index contributed by atoms with van der Waals surface area (Å²) in [4.78, 5) is 0. The lowest BCUT2D eigenvalue weighted by Crippen LogP contribution is -2.29. The fraction of sp³-hybridized carbons (Fsp3) is 0. The highest BCUT2D eigenvalue weighted by molar-refractivity contribution is 7.79. The summed E-state index contributed by atoms with van der Waals surface area (Å²) in [5, 5.41) is -0.902. The molecule has 0 N–H and O–H groups in total. The Kier molecular flexibility index (Phi) is 4.82. The van der Waals surface area contributed by atoms with Crippen molar-refractivity contribution in [2.24, 2.45) is 0 Å². The topological polar surface area (TPSA) is 0 Å². The third-order valence-electron chi connectivity index (χ3n) is 3.52. The van der Waals surface area contributed by atoms with Crippen LogP contribution in [0.4, 0.5) is 26.3 Å². The minimum Gasteiger partial charge on any atom is -0.206 e. The molecule has 0 heterocycles. The van der Waals surface area contributed by atoms with Gasteiger partial charge >= 0.3 is 0 Å². The molecule has 0 aliphatic heterocycles. The maximum atomic E-state index is 14.3. The molecular formula is C18H9F6P. The summed E-state index contributed by atoms with van der Waals surface area (Å²) in [6, 6.07) is 12.8. The molecule has 0 bridgehead atoms. The van der Waals surface area contributed by atoms with Crippen molar-refractivity contribution >= 4 is 23.8 Å². The summed E-state index contributed by atoms with van der Waals surface area (Å²) < 4.78 is 83.6. The first kappa shape index (κ1) is 17.5. The van der Waals surface area contributed by atoms with Crippen LogP contribution in [-0.2, 0) is 0 Å². The lowest BCUT2D eigenvalue weighted by molar-refractivity contribution is 0.384. The van der Waals surface area contributed by atoms with Gasteiger partial charge in [-0.25, -0.2) is 26.3 Å². The predicted molar refractivity (Wildman–Crippen MR) is 84.9 cm³/mol. The Morgan fingerprint density at radius 3 is 1.56 bits per heavy atom. The van der Waals surface area contributed by atoms with Gasteiger partial charge < -0.3 is 0 Å². The molecule has 3 aromatic carbocycles. The van der Waals surface area contributed by atoms with Crippen LogP contribution in [0.25, 0.3) is 0 Å². The van der Waals surface area contributed by atoms with E-state index in [1.54, 1.807) is 6.07 Å². The van der Waals surface area contributed by atoms with E-state index in [-0.39, 0.29) is 10.6 Å². The smallest absolute Gasteiger partial charge is 0.200 e. The van der Waals surface area contributed by atoms with Gasteiger partial charge in [0.1, 0.15) is 5.82 Å². The molecule has 1 unspecified atom stereocenters. The zero-order chi connectivity index (χ0) is 18.1. The molecule has 0 amide bonds. The van der Waals surface area contributed by atoms with E-state index in [0.29, 0.717) is 0 Å². The molecule has 0 aromatic heterocycles. The molecule has 0 aliphatic rings. The highest BCUT2D eigenvalue weighted by Gasteiger charge is 2.33. The van der Waals surface area contributed by atoms with E-state index < -0.39 is 48.1 Å². The van der Waals surface area contributed by atoms with Crippen LogP contribution in [0.15, 0.2) is 54.6 Å². The van der Waals surface area contributed by atoms with E-state index in [1.165, 1.54) is 42.5 Å². The minimum absolute atomic E-state index is 0.132. The Hall–Kier alpha value is -2.33. The lowest BCUT2D eigenvalue weighted by atomic mass is 10.3.